The normalized spacial score (nSPS) is 34.1. The second-order valence-electron chi connectivity index (χ2n) is 5.51. The maximum atomic E-state index is 9.15. The molecule has 3 nitrogen and oxygen atoms in total. The number of hydrogen-bond acceptors (Lipinski definition) is 3. The lowest BCUT2D eigenvalue weighted by atomic mass is 9.82. The van der Waals surface area contributed by atoms with E-state index in [0.29, 0.717) is 12.5 Å². The molecule has 0 radical (unpaired) electrons. The SMILES string of the molecule is NCC1CCCCC1N1CCC(CO)CC1. The number of rotatable bonds is 3. The summed E-state index contributed by atoms with van der Waals surface area (Å²) < 4.78 is 0. The Morgan fingerprint density at radius 2 is 1.75 bits per heavy atom. The van der Waals surface area contributed by atoms with Crippen molar-refractivity contribution >= 4 is 0 Å². The van der Waals surface area contributed by atoms with Gasteiger partial charge in [0.15, 0.2) is 0 Å². The topological polar surface area (TPSA) is 49.5 Å². The highest BCUT2D eigenvalue weighted by atomic mass is 16.3. The Hall–Kier alpha value is -0.120. The van der Waals surface area contributed by atoms with Crippen LogP contribution >= 0.6 is 0 Å². The fraction of sp³-hybridized carbons (Fsp3) is 1.00. The lowest BCUT2D eigenvalue weighted by molar-refractivity contribution is 0.0568. The van der Waals surface area contributed by atoms with Crippen molar-refractivity contribution in [1.29, 1.82) is 0 Å². The zero-order valence-corrected chi connectivity index (χ0v) is 10.3. The lowest BCUT2D eigenvalue weighted by Crippen LogP contribution is -2.48. The molecule has 2 rings (SSSR count). The number of likely N-dealkylation sites (tertiary alicyclic amines) is 1. The van der Waals surface area contributed by atoms with E-state index in [1.165, 1.54) is 51.6 Å². The van der Waals surface area contributed by atoms with Gasteiger partial charge in [0, 0.05) is 12.6 Å². The number of nitrogens with two attached hydrogens (primary N) is 1. The Kier molecular flexibility index (Phi) is 4.62. The third-order valence-electron chi connectivity index (χ3n) is 4.55. The van der Waals surface area contributed by atoms with Gasteiger partial charge in [0.1, 0.15) is 0 Å². The van der Waals surface area contributed by atoms with Crippen LogP contribution in [-0.4, -0.2) is 42.3 Å². The molecule has 16 heavy (non-hydrogen) atoms. The van der Waals surface area contributed by atoms with E-state index in [-0.39, 0.29) is 0 Å². The fourth-order valence-corrected chi connectivity index (χ4v) is 3.41. The van der Waals surface area contributed by atoms with Crippen LogP contribution in [0, 0.1) is 11.8 Å². The third kappa shape index (κ3) is 2.76. The Morgan fingerprint density at radius 1 is 1.06 bits per heavy atom. The highest BCUT2D eigenvalue weighted by Crippen LogP contribution is 2.30. The third-order valence-corrected chi connectivity index (χ3v) is 4.55. The predicted molar refractivity (Wildman–Crippen MR) is 66.2 cm³/mol. The van der Waals surface area contributed by atoms with Gasteiger partial charge in [-0.2, -0.15) is 0 Å². The van der Waals surface area contributed by atoms with Crippen LogP contribution in [0.4, 0.5) is 0 Å². The van der Waals surface area contributed by atoms with Crippen LogP contribution in [-0.2, 0) is 0 Å². The van der Waals surface area contributed by atoms with E-state index in [2.05, 4.69) is 4.90 Å². The summed E-state index contributed by atoms with van der Waals surface area (Å²) >= 11 is 0. The first-order valence-corrected chi connectivity index (χ1v) is 6.90. The van der Waals surface area contributed by atoms with Gasteiger partial charge in [-0.1, -0.05) is 12.8 Å². The molecule has 2 fully saturated rings. The quantitative estimate of drug-likeness (QED) is 0.760. The van der Waals surface area contributed by atoms with Crippen LogP contribution < -0.4 is 5.73 Å². The average molecular weight is 226 g/mol. The molecule has 1 saturated heterocycles. The molecule has 0 amide bonds. The minimum atomic E-state index is 0.374. The molecule has 1 aliphatic carbocycles. The van der Waals surface area contributed by atoms with Gasteiger partial charge in [0.05, 0.1) is 0 Å². The molecule has 1 aliphatic heterocycles. The molecule has 94 valence electrons. The molecule has 2 aliphatic rings. The van der Waals surface area contributed by atoms with E-state index in [9.17, 15) is 0 Å². The van der Waals surface area contributed by atoms with Crippen LogP contribution in [0.2, 0.25) is 0 Å². The fourth-order valence-electron chi connectivity index (χ4n) is 3.41. The van der Waals surface area contributed by atoms with Crippen molar-refractivity contribution in [2.45, 2.75) is 44.6 Å². The van der Waals surface area contributed by atoms with E-state index >= 15 is 0 Å². The van der Waals surface area contributed by atoms with Crippen LogP contribution in [0.15, 0.2) is 0 Å². The zero-order valence-electron chi connectivity index (χ0n) is 10.3. The maximum Gasteiger partial charge on any atom is 0.0460 e. The first-order chi connectivity index (χ1) is 7.85. The molecule has 0 aromatic carbocycles. The average Bonchev–Trinajstić information content (AvgIpc) is 2.39. The molecule has 0 spiro atoms. The molecule has 2 unspecified atom stereocenters. The van der Waals surface area contributed by atoms with Crippen molar-refractivity contribution in [1.82, 2.24) is 4.90 Å². The highest BCUT2D eigenvalue weighted by molar-refractivity contribution is 4.86. The van der Waals surface area contributed by atoms with E-state index < -0.39 is 0 Å². The first kappa shape index (κ1) is 12.3. The standard InChI is InChI=1S/C13H26N2O/c14-9-12-3-1-2-4-13(12)15-7-5-11(10-16)6-8-15/h11-13,16H,1-10,14H2. The maximum absolute atomic E-state index is 9.15. The van der Waals surface area contributed by atoms with Gasteiger partial charge in [-0.15, -0.1) is 0 Å². The van der Waals surface area contributed by atoms with E-state index in [1.54, 1.807) is 0 Å². The summed E-state index contributed by atoms with van der Waals surface area (Å²) in [6.45, 7) is 3.57. The molecule has 2 atom stereocenters. The Bertz CT molecular complexity index is 202. The van der Waals surface area contributed by atoms with Crippen molar-refractivity contribution in [3.63, 3.8) is 0 Å². The number of piperidine rings is 1. The van der Waals surface area contributed by atoms with Crippen LogP contribution in [0.1, 0.15) is 38.5 Å². The van der Waals surface area contributed by atoms with Crippen molar-refractivity contribution < 1.29 is 5.11 Å². The Balaban J connectivity index is 1.86. The minimum Gasteiger partial charge on any atom is -0.396 e. The van der Waals surface area contributed by atoms with Crippen LogP contribution in [0.25, 0.3) is 0 Å². The van der Waals surface area contributed by atoms with Gasteiger partial charge in [-0.3, -0.25) is 0 Å². The molecular formula is C13H26N2O. The second-order valence-corrected chi connectivity index (χ2v) is 5.51. The minimum absolute atomic E-state index is 0.374. The van der Waals surface area contributed by atoms with Gasteiger partial charge in [-0.05, 0) is 57.2 Å². The summed E-state index contributed by atoms with van der Waals surface area (Å²) in [5, 5.41) is 9.15. The summed E-state index contributed by atoms with van der Waals surface area (Å²) in [4.78, 5) is 2.64. The molecule has 0 aromatic rings. The van der Waals surface area contributed by atoms with Gasteiger partial charge in [0.25, 0.3) is 0 Å². The molecule has 0 aromatic heterocycles. The van der Waals surface area contributed by atoms with E-state index in [1.807, 2.05) is 0 Å². The molecule has 3 N–H and O–H groups in total. The molecule has 1 heterocycles. The van der Waals surface area contributed by atoms with E-state index in [4.69, 9.17) is 10.8 Å². The lowest BCUT2D eigenvalue weighted by Gasteiger charge is -2.43. The molecule has 3 heteroatoms. The predicted octanol–water partition coefficient (Wildman–Crippen LogP) is 1.21. The number of aliphatic hydroxyl groups is 1. The summed E-state index contributed by atoms with van der Waals surface area (Å²) in [7, 11) is 0. The number of nitrogens with zero attached hydrogens (tertiary/aromatic N) is 1. The van der Waals surface area contributed by atoms with Gasteiger partial charge in [0.2, 0.25) is 0 Å². The first-order valence-electron chi connectivity index (χ1n) is 6.90. The Labute approximate surface area is 99.0 Å². The van der Waals surface area contributed by atoms with Gasteiger partial charge < -0.3 is 15.7 Å². The smallest absolute Gasteiger partial charge is 0.0460 e. The van der Waals surface area contributed by atoms with Crippen LogP contribution in [0.3, 0.4) is 0 Å². The number of hydrogen-bond donors (Lipinski definition) is 2. The molecule has 0 bridgehead atoms. The molecular weight excluding hydrogens is 200 g/mol. The van der Waals surface area contributed by atoms with Crippen molar-refractivity contribution in [3.05, 3.63) is 0 Å². The Morgan fingerprint density at radius 3 is 2.38 bits per heavy atom. The zero-order chi connectivity index (χ0) is 11.4. The van der Waals surface area contributed by atoms with Crippen molar-refractivity contribution in [3.8, 4) is 0 Å². The highest BCUT2D eigenvalue weighted by Gasteiger charge is 2.31. The second kappa shape index (κ2) is 5.99. The summed E-state index contributed by atoms with van der Waals surface area (Å²) in [5.41, 5.74) is 5.89. The summed E-state index contributed by atoms with van der Waals surface area (Å²) in [5.74, 6) is 1.27. The van der Waals surface area contributed by atoms with E-state index in [0.717, 1.165) is 18.5 Å². The van der Waals surface area contributed by atoms with Crippen molar-refractivity contribution in [2.24, 2.45) is 17.6 Å². The molecule has 1 saturated carbocycles. The summed E-state index contributed by atoms with van der Waals surface area (Å²) in [6, 6.07) is 0.735. The summed E-state index contributed by atoms with van der Waals surface area (Å²) in [6.07, 6.45) is 7.74. The van der Waals surface area contributed by atoms with Gasteiger partial charge >= 0.3 is 0 Å². The van der Waals surface area contributed by atoms with Gasteiger partial charge in [-0.25, -0.2) is 0 Å². The van der Waals surface area contributed by atoms with Crippen molar-refractivity contribution in [2.75, 3.05) is 26.2 Å². The number of aliphatic hydroxyl groups excluding tert-OH is 1. The monoisotopic (exact) mass is 226 g/mol. The largest absolute Gasteiger partial charge is 0.396 e. The van der Waals surface area contributed by atoms with Crippen LogP contribution in [0.5, 0.6) is 0 Å².